The maximum absolute atomic E-state index is 3.45. The summed E-state index contributed by atoms with van der Waals surface area (Å²) in [6, 6.07) is 11.0. The molecule has 2 N–H and O–H groups in total. The van der Waals surface area contributed by atoms with E-state index in [1.54, 1.807) is 0 Å². The van der Waals surface area contributed by atoms with E-state index >= 15 is 0 Å². The summed E-state index contributed by atoms with van der Waals surface area (Å²) in [5, 5.41) is 6.90. The van der Waals surface area contributed by atoms with Gasteiger partial charge in [-0.3, -0.25) is 9.80 Å². The van der Waals surface area contributed by atoms with Gasteiger partial charge in [-0.05, 0) is 5.56 Å². The van der Waals surface area contributed by atoms with Crippen LogP contribution in [0.25, 0.3) is 0 Å². The molecule has 0 atom stereocenters. The van der Waals surface area contributed by atoms with Gasteiger partial charge in [-0.1, -0.05) is 30.3 Å². The molecule has 4 nitrogen and oxygen atoms in total. The lowest BCUT2D eigenvalue weighted by atomic mass is 10.1. The van der Waals surface area contributed by atoms with Crippen LogP contribution in [0.5, 0.6) is 0 Å². The highest BCUT2D eigenvalue weighted by atomic mass is 15.4. The van der Waals surface area contributed by atoms with Gasteiger partial charge in [-0.15, -0.1) is 0 Å². The molecule has 0 aliphatic carbocycles. The Kier molecular flexibility index (Phi) is 4.45. The minimum Gasteiger partial charge on any atom is -0.314 e. The van der Waals surface area contributed by atoms with Gasteiger partial charge in [0.15, 0.2) is 0 Å². The van der Waals surface area contributed by atoms with Crippen molar-refractivity contribution in [1.82, 2.24) is 20.4 Å². The molecule has 0 saturated carbocycles. The van der Waals surface area contributed by atoms with Gasteiger partial charge in [0.05, 0.1) is 6.17 Å². The van der Waals surface area contributed by atoms with E-state index in [2.05, 4.69) is 50.8 Å². The quantitative estimate of drug-likeness (QED) is 0.828. The van der Waals surface area contributed by atoms with Crippen LogP contribution in [0.2, 0.25) is 0 Å². The first kappa shape index (κ1) is 13.1. The second-order valence-corrected chi connectivity index (χ2v) is 5.36. The van der Waals surface area contributed by atoms with Gasteiger partial charge in [0.25, 0.3) is 0 Å². The number of nitrogens with one attached hydrogen (secondary N) is 2. The van der Waals surface area contributed by atoms with Crippen LogP contribution in [-0.2, 0) is 0 Å². The van der Waals surface area contributed by atoms with Gasteiger partial charge in [-0.2, -0.15) is 0 Å². The summed E-state index contributed by atoms with van der Waals surface area (Å²) in [7, 11) is 0. The van der Waals surface area contributed by atoms with Crippen molar-refractivity contribution < 1.29 is 0 Å². The summed E-state index contributed by atoms with van der Waals surface area (Å²) in [6.45, 7) is 9.00. The van der Waals surface area contributed by atoms with Crippen LogP contribution in [0.1, 0.15) is 11.7 Å². The first-order valence-electron chi connectivity index (χ1n) is 7.39. The van der Waals surface area contributed by atoms with E-state index in [0.717, 1.165) is 52.4 Å². The Hall–Kier alpha value is -0.940. The number of hydrogen-bond donors (Lipinski definition) is 2. The topological polar surface area (TPSA) is 30.5 Å². The largest absolute Gasteiger partial charge is 0.314 e. The van der Waals surface area contributed by atoms with Crippen molar-refractivity contribution in [3.63, 3.8) is 0 Å². The van der Waals surface area contributed by atoms with Crippen LogP contribution in [0, 0.1) is 0 Å². The predicted octanol–water partition coefficient (Wildman–Crippen LogP) is 0.496. The Bertz CT molecular complexity index is 351. The molecule has 2 aliphatic heterocycles. The molecule has 0 spiro atoms. The fraction of sp³-hybridized carbons (Fsp3) is 0.600. The molecular weight excluding hydrogens is 236 g/mol. The highest BCUT2D eigenvalue weighted by molar-refractivity contribution is 5.19. The van der Waals surface area contributed by atoms with E-state index in [1.807, 2.05) is 0 Å². The van der Waals surface area contributed by atoms with Crippen molar-refractivity contribution in [2.24, 2.45) is 0 Å². The Morgan fingerprint density at radius 2 is 1.21 bits per heavy atom. The van der Waals surface area contributed by atoms with E-state index in [0.29, 0.717) is 6.17 Å². The van der Waals surface area contributed by atoms with E-state index in [1.165, 1.54) is 5.56 Å². The average Bonchev–Trinajstić information content (AvgIpc) is 2.51. The van der Waals surface area contributed by atoms with Crippen LogP contribution < -0.4 is 10.6 Å². The highest BCUT2D eigenvalue weighted by Crippen LogP contribution is 2.25. The zero-order valence-corrected chi connectivity index (χ0v) is 11.5. The molecule has 2 aliphatic rings. The van der Waals surface area contributed by atoms with Crippen molar-refractivity contribution in [2.45, 2.75) is 6.17 Å². The Balaban J connectivity index is 1.81. The molecular formula is C15H24N4. The van der Waals surface area contributed by atoms with Gasteiger partial charge in [0.1, 0.15) is 0 Å². The first-order valence-corrected chi connectivity index (χ1v) is 7.39. The number of benzene rings is 1. The molecule has 104 valence electrons. The minimum absolute atomic E-state index is 0.449. The maximum Gasteiger partial charge on any atom is 0.0887 e. The Labute approximate surface area is 115 Å². The summed E-state index contributed by atoms with van der Waals surface area (Å²) >= 11 is 0. The molecule has 2 saturated heterocycles. The molecule has 1 aromatic rings. The second-order valence-electron chi connectivity index (χ2n) is 5.36. The van der Waals surface area contributed by atoms with Gasteiger partial charge in [0, 0.05) is 52.4 Å². The van der Waals surface area contributed by atoms with Gasteiger partial charge in [-0.25, -0.2) is 0 Å². The van der Waals surface area contributed by atoms with Crippen LogP contribution in [-0.4, -0.2) is 62.2 Å². The number of piperazine rings is 2. The van der Waals surface area contributed by atoms with Crippen LogP contribution in [0.3, 0.4) is 0 Å². The minimum atomic E-state index is 0.449. The number of nitrogens with zero attached hydrogens (tertiary/aromatic N) is 2. The summed E-state index contributed by atoms with van der Waals surface area (Å²) in [6.07, 6.45) is 0.449. The van der Waals surface area contributed by atoms with Crippen molar-refractivity contribution in [1.29, 1.82) is 0 Å². The maximum atomic E-state index is 3.45. The molecule has 19 heavy (non-hydrogen) atoms. The molecule has 0 unspecified atom stereocenters. The normalized spacial score (nSPS) is 22.8. The van der Waals surface area contributed by atoms with Crippen molar-refractivity contribution in [3.05, 3.63) is 35.9 Å². The van der Waals surface area contributed by atoms with Crippen LogP contribution in [0.15, 0.2) is 30.3 Å². The molecule has 0 radical (unpaired) electrons. The van der Waals surface area contributed by atoms with E-state index in [4.69, 9.17) is 0 Å². The zero-order chi connectivity index (χ0) is 12.9. The summed E-state index contributed by atoms with van der Waals surface area (Å²) in [4.78, 5) is 5.24. The van der Waals surface area contributed by atoms with E-state index < -0.39 is 0 Å². The molecule has 2 heterocycles. The predicted molar refractivity (Wildman–Crippen MR) is 78.1 cm³/mol. The van der Waals surface area contributed by atoms with E-state index in [9.17, 15) is 0 Å². The van der Waals surface area contributed by atoms with Crippen molar-refractivity contribution in [3.8, 4) is 0 Å². The molecule has 4 heteroatoms. The monoisotopic (exact) mass is 260 g/mol. The van der Waals surface area contributed by atoms with Crippen LogP contribution in [0.4, 0.5) is 0 Å². The third kappa shape index (κ3) is 3.15. The molecule has 3 rings (SSSR count). The number of rotatable bonds is 3. The average molecular weight is 260 g/mol. The fourth-order valence-corrected chi connectivity index (χ4v) is 3.13. The summed E-state index contributed by atoms with van der Waals surface area (Å²) in [5.41, 5.74) is 1.44. The van der Waals surface area contributed by atoms with Gasteiger partial charge < -0.3 is 10.6 Å². The lowest BCUT2D eigenvalue weighted by Gasteiger charge is -2.43. The lowest BCUT2D eigenvalue weighted by molar-refractivity contribution is 0.0243. The molecule has 0 amide bonds. The van der Waals surface area contributed by atoms with Crippen molar-refractivity contribution in [2.75, 3.05) is 52.4 Å². The third-order valence-corrected chi connectivity index (χ3v) is 4.09. The lowest BCUT2D eigenvalue weighted by Crippen LogP contribution is -2.54. The summed E-state index contributed by atoms with van der Waals surface area (Å²) < 4.78 is 0. The SMILES string of the molecule is c1ccc(C(N2CCNCC2)N2CCNCC2)cc1. The highest BCUT2D eigenvalue weighted by Gasteiger charge is 2.28. The molecule has 1 aromatic carbocycles. The zero-order valence-electron chi connectivity index (χ0n) is 11.5. The second kappa shape index (κ2) is 6.48. The third-order valence-electron chi connectivity index (χ3n) is 4.09. The van der Waals surface area contributed by atoms with Gasteiger partial charge >= 0.3 is 0 Å². The molecule has 2 fully saturated rings. The Morgan fingerprint density at radius 3 is 1.68 bits per heavy atom. The summed E-state index contributed by atoms with van der Waals surface area (Å²) in [5.74, 6) is 0. The number of hydrogen-bond acceptors (Lipinski definition) is 4. The van der Waals surface area contributed by atoms with Crippen LogP contribution >= 0.6 is 0 Å². The first-order chi connectivity index (χ1) is 9.45. The standard InChI is InChI=1S/C15H24N4/c1-2-4-14(5-3-1)15(18-10-6-16-7-11-18)19-12-8-17-9-13-19/h1-5,15-17H,6-13H2. The molecule has 0 aromatic heterocycles. The smallest absolute Gasteiger partial charge is 0.0887 e. The Morgan fingerprint density at radius 1 is 0.737 bits per heavy atom. The van der Waals surface area contributed by atoms with Crippen molar-refractivity contribution >= 4 is 0 Å². The molecule has 0 bridgehead atoms. The van der Waals surface area contributed by atoms with E-state index in [-0.39, 0.29) is 0 Å². The van der Waals surface area contributed by atoms with Gasteiger partial charge in [0.2, 0.25) is 0 Å². The fourth-order valence-electron chi connectivity index (χ4n) is 3.13.